The van der Waals surface area contributed by atoms with E-state index in [-0.39, 0.29) is 5.82 Å². The van der Waals surface area contributed by atoms with Crippen molar-refractivity contribution in [3.63, 3.8) is 0 Å². The first-order valence-corrected chi connectivity index (χ1v) is 4.59. The molecular weight excluding hydrogens is 209 g/mol. The molecular formula is C10H10FN5. The first-order valence-electron chi connectivity index (χ1n) is 4.59. The molecule has 0 saturated carbocycles. The minimum Gasteiger partial charge on any atom is -0.339 e. The van der Waals surface area contributed by atoms with E-state index in [4.69, 9.17) is 5.84 Å². The maximum atomic E-state index is 12.7. The minimum atomic E-state index is -0.283. The van der Waals surface area contributed by atoms with Crippen molar-refractivity contribution in [2.45, 2.75) is 0 Å². The van der Waals surface area contributed by atoms with Crippen LogP contribution in [0, 0.1) is 5.82 Å². The lowest BCUT2D eigenvalue weighted by atomic mass is 10.3. The molecule has 82 valence electrons. The standard InChI is InChI=1S/C10H10FN5/c11-7-1-3-8(4-2-7)14-9-5-13-6-10(15-9)16-12/h1-6H,12H2,(H2,14,15,16). The lowest BCUT2D eigenvalue weighted by Gasteiger charge is -2.06. The topological polar surface area (TPSA) is 75.9 Å². The second kappa shape index (κ2) is 4.54. The van der Waals surface area contributed by atoms with Crippen LogP contribution in [0.1, 0.15) is 0 Å². The Morgan fingerprint density at radius 2 is 1.75 bits per heavy atom. The summed E-state index contributed by atoms with van der Waals surface area (Å²) >= 11 is 0. The van der Waals surface area contributed by atoms with Gasteiger partial charge in [0.25, 0.3) is 0 Å². The summed E-state index contributed by atoms with van der Waals surface area (Å²) < 4.78 is 12.7. The molecule has 0 aliphatic carbocycles. The van der Waals surface area contributed by atoms with E-state index >= 15 is 0 Å². The molecule has 6 heteroatoms. The van der Waals surface area contributed by atoms with Gasteiger partial charge in [0, 0.05) is 5.69 Å². The van der Waals surface area contributed by atoms with Gasteiger partial charge in [-0.3, -0.25) is 4.98 Å². The van der Waals surface area contributed by atoms with Crippen LogP contribution in [-0.4, -0.2) is 9.97 Å². The zero-order valence-corrected chi connectivity index (χ0v) is 8.31. The number of nitrogens with zero attached hydrogens (tertiary/aromatic N) is 2. The number of benzene rings is 1. The molecule has 1 aromatic heterocycles. The quantitative estimate of drug-likeness (QED) is 0.540. The van der Waals surface area contributed by atoms with Gasteiger partial charge in [-0.2, -0.15) is 0 Å². The predicted molar refractivity (Wildman–Crippen MR) is 59.5 cm³/mol. The van der Waals surface area contributed by atoms with Crippen LogP contribution < -0.4 is 16.6 Å². The van der Waals surface area contributed by atoms with Crippen LogP contribution in [0.25, 0.3) is 0 Å². The molecule has 0 aliphatic rings. The summed E-state index contributed by atoms with van der Waals surface area (Å²) in [6, 6.07) is 5.95. The van der Waals surface area contributed by atoms with E-state index in [1.54, 1.807) is 18.3 Å². The summed E-state index contributed by atoms with van der Waals surface area (Å²) in [7, 11) is 0. The van der Waals surface area contributed by atoms with Gasteiger partial charge in [-0.1, -0.05) is 0 Å². The van der Waals surface area contributed by atoms with E-state index in [0.29, 0.717) is 11.6 Å². The lowest BCUT2D eigenvalue weighted by molar-refractivity contribution is 0.628. The molecule has 2 rings (SSSR count). The largest absolute Gasteiger partial charge is 0.339 e. The normalized spacial score (nSPS) is 9.88. The Morgan fingerprint density at radius 1 is 1.06 bits per heavy atom. The summed E-state index contributed by atoms with van der Waals surface area (Å²) in [6.45, 7) is 0. The van der Waals surface area contributed by atoms with Gasteiger partial charge >= 0.3 is 0 Å². The van der Waals surface area contributed by atoms with Crippen LogP contribution in [0.4, 0.5) is 21.7 Å². The Morgan fingerprint density at radius 3 is 2.44 bits per heavy atom. The molecule has 0 saturated heterocycles. The molecule has 0 amide bonds. The molecule has 0 unspecified atom stereocenters. The first kappa shape index (κ1) is 10.3. The summed E-state index contributed by atoms with van der Waals surface area (Å²) in [5, 5.41) is 2.97. The van der Waals surface area contributed by atoms with Crippen molar-refractivity contribution in [3.8, 4) is 0 Å². The molecule has 1 heterocycles. The summed E-state index contributed by atoms with van der Waals surface area (Å²) in [5.74, 6) is 5.90. The van der Waals surface area contributed by atoms with Gasteiger partial charge in [-0.25, -0.2) is 15.2 Å². The molecule has 0 spiro atoms. The Hall–Kier alpha value is -2.21. The van der Waals surface area contributed by atoms with Crippen LogP contribution >= 0.6 is 0 Å². The zero-order valence-electron chi connectivity index (χ0n) is 8.31. The number of aromatic nitrogens is 2. The molecule has 0 aliphatic heterocycles. The SMILES string of the molecule is NNc1cncc(Nc2ccc(F)cc2)n1. The third-order valence-corrected chi connectivity index (χ3v) is 1.90. The highest BCUT2D eigenvalue weighted by molar-refractivity contribution is 5.56. The highest BCUT2D eigenvalue weighted by Gasteiger charge is 1.98. The van der Waals surface area contributed by atoms with Crippen molar-refractivity contribution in [1.82, 2.24) is 9.97 Å². The van der Waals surface area contributed by atoms with Gasteiger partial charge in [0.15, 0.2) is 11.6 Å². The monoisotopic (exact) mass is 219 g/mol. The van der Waals surface area contributed by atoms with Gasteiger partial charge in [-0.15, -0.1) is 0 Å². The minimum absolute atomic E-state index is 0.283. The molecule has 0 bridgehead atoms. The Bertz CT molecular complexity index is 471. The van der Waals surface area contributed by atoms with Crippen LogP contribution in [-0.2, 0) is 0 Å². The lowest BCUT2D eigenvalue weighted by Crippen LogP contribution is -2.09. The number of nitrogens with two attached hydrogens (primary N) is 1. The average Bonchev–Trinajstić information content (AvgIpc) is 2.32. The molecule has 5 nitrogen and oxygen atoms in total. The number of nitrogens with one attached hydrogen (secondary N) is 2. The number of hydrazine groups is 1. The summed E-state index contributed by atoms with van der Waals surface area (Å²) in [5.41, 5.74) is 3.12. The number of nitrogen functional groups attached to an aromatic ring is 1. The van der Waals surface area contributed by atoms with Crippen molar-refractivity contribution < 1.29 is 4.39 Å². The van der Waals surface area contributed by atoms with Crippen LogP contribution in [0.15, 0.2) is 36.7 Å². The van der Waals surface area contributed by atoms with E-state index < -0.39 is 0 Å². The maximum Gasteiger partial charge on any atom is 0.160 e. The highest BCUT2D eigenvalue weighted by atomic mass is 19.1. The van der Waals surface area contributed by atoms with E-state index in [2.05, 4.69) is 20.7 Å². The molecule has 16 heavy (non-hydrogen) atoms. The second-order valence-corrected chi connectivity index (χ2v) is 3.07. The second-order valence-electron chi connectivity index (χ2n) is 3.07. The van der Waals surface area contributed by atoms with Crippen molar-refractivity contribution in [2.75, 3.05) is 10.7 Å². The zero-order chi connectivity index (χ0) is 11.4. The van der Waals surface area contributed by atoms with Crippen molar-refractivity contribution in [3.05, 3.63) is 42.5 Å². The van der Waals surface area contributed by atoms with Crippen LogP contribution in [0.2, 0.25) is 0 Å². The van der Waals surface area contributed by atoms with E-state index in [9.17, 15) is 4.39 Å². The molecule has 4 N–H and O–H groups in total. The van der Waals surface area contributed by atoms with Gasteiger partial charge < -0.3 is 10.7 Å². The summed E-state index contributed by atoms with van der Waals surface area (Å²) in [4.78, 5) is 8.03. The Kier molecular flexibility index (Phi) is 2.93. The maximum absolute atomic E-state index is 12.7. The Labute approximate surface area is 91.5 Å². The number of hydrogen-bond acceptors (Lipinski definition) is 5. The average molecular weight is 219 g/mol. The number of halogens is 1. The Balaban J connectivity index is 2.16. The highest BCUT2D eigenvalue weighted by Crippen LogP contribution is 2.14. The van der Waals surface area contributed by atoms with Gasteiger partial charge in [0.1, 0.15) is 5.82 Å². The molecule has 2 aromatic rings. The molecule has 0 fully saturated rings. The first-order chi connectivity index (χ1) is 7.78. The van der Waals surface area contributed by atoms with Crippen molar-refractivity contribution in [1.29, 1.82) is 0 Å². The third-order valence-electron chi connectivity index (χ3n) is 1.90. The smallest absolute Gasteiger partial charge is 0.160 e. The van der Waals surface area contributed by atoms with E-state index in [0.717, 1.165) is 5.69 Å². The van der Waals surface area contributed by atoms with Gasteiger partial charge in [0.2, 0.25) is 0 Å². The third kappa shape index (κ3) is 2.43. The van der Waals surface area contributed by atoms with Crippen LogP contribution in [0.3, 0.4) is 0 Å². The van der Waals surface area contributed by atoms with Gasteiger partial charge in [-0.05, 0) is 24.3 Å². The van der Waals surface area contributed by atoms with Crippen molar-refractivity contribution in [2.24, 2.45) is 5.84 Å². The number of anilines is 3. The van der Waals surface area contributed by atoms with Crippen molar-refractivity contribution >= 4 is 17.3 Å². The number of hydrogen-bond donors (Lipinski definition) is 3. The fraction of sp³-hybridized carbons (Fsp3) is 0. The van der Waals surface area contributed by atoms with Crippen LogP contribution in [0.5, 0.6) is 0 Å². The van der Waals surface area contributed by atoms with E-state index in [1.165, 1.54) is 18.3 Å². The fourth-order valence-electron chi connectivity index (χ4n) is 1.18. The fourth-order valence-corrected chi connectivity index (χ4v) is 1.18. The molecule has 0 radical (unpaired) electrons. The van der Waals surface area contributed by atoms with E-state index in [1.807, 2.05) is 0 Å². The molecule has 1 aromatic carbocycles. The predicted octanol–water partition coefficient (Wildman–Crippen LogP) is 1.64. The summed E-state index contributed by atoms with van der Waals surface area (Å²) in [6.07, 6.45) is 3.04. The molecule has 0 atom stereocenters. The van der Waals surface area contributed by atoms with Gasteiger partial charge in [0.05, 0.1) is 12.4 Å². The number of rotatable bonds is 3.